The van der Waals surface area contributed by atoms with Crippen molar-refractivity contribution in [2.45, 2.75) is 12.9 Å². The molecule has 0 radical (unpaired) electrons. The number of aromatic nitrogens is 2. The van der Waals surface area contributed by atoms with Crippen LogP contribution in [0.5, 0.6) is 0 Å². The van der Waals surface area contributed by atoms with Crippen molar-refractivity contribution in [3.8, 4) is 11.8 Å². The smallest absolute Gasteiger partial charge is 0.335 e. The van der Waals surface area contributed by atoms with E-state index in [1.54, 1.807) is 0 Å². The van der Waals surface area contributed by atoms with Crippen molar-refractivity contribution >= 4 is 16.9 Å². The number of benzene rings is 3. The number of aromatic carboxylic acids is 1. The van der Waals surface area contributed by atoms with Gasteiger partial charge in [0.15, 0.2) is 0 Å². The Hall–Kier alpha value is -4.37. The van der Waals surface area contributed by atoms with Crippen LogP contribution in [-0.4, -0.2) is 20.2 Å². The quantitative estimate of drug-likeness (QED) is 0.504. The van der Waals surface area contributed by atoms with Gasteiger partial charge in [-0.3, -0.25) is 13.9 Å². The first-order valence-electron chi connectivity index (χ1n) is 12.9. The Morgan fingerprint density at radius 3 is 2.47 bits per heavy atom. The Morgan fingerprint density at radius 1 is 1.06 bits per heavy atom. The molecule has 1 heterocycles. The molecule has 0 aliphatic rings. The van der Waals surface area contributed by atoms with Crippen LogP contribution in [0, 0.1) is 11.8 Å². The van der Waals surface area contributed by atoms with Crippen LogP contribution in [0.4, 0.5) is 0 Å². The summed E-state index contributed by atoms with van der Waals surface area (Å²) in [5, 5.41) is 9.19. The summed E-state index contributed by atoms with van der Waals surface area (Å²) in [7, 11) is 1.48. The predicted molar refractivity (Wildman–Crippen MR) is 123 cm³/mol. The maximum Gasteiger partial charge on any atom is 0.335 e. The molecule has 3 aromatic carbocycles. The van der Waals surface area contributed by atoms with Crippen LogP contribution in [0.25, 0.3) is 10.9 Å². The number of nitrogens with zero attached hydrogens (tertiary/aromatic N) is 2. The van der Waals surface area contributed by atoms with E-state index in [-0.39, 0.29) is 23.1 Å². The molecule has 0 saturated carbocycles. The number of hydrogen-bond donors (Lipinski definition) is 1. The minimum absolute atomic E-state index is 0.0594. The van der Waals surface area contributed by atoms with Crippen LogP contribution >= 0.6 is 0 Å². The van der Waals surface area contributed by atoms with E-state index in [1.165, 1.54) is 54.1 Å². The molecule has 0 aliphatic heterocycles. The average Bonchev–Trinajstić information content (AvgIpc) is 2.91. The zero-order valence-electron chi connectivity index (χ0n) is 23.8. The van der Waals surface area contributed by atoms with Gasteiger partial charge in [-0.15, -0.1) is 0 Å². The predicted octanol–water partition coefficient (Wildman–Crippen LogP) is 3.04. The first kappa shape index (κ1) is 13.8. The van der Waals surface area contributed by atoms with Crippen molar-refractivity contribution in [1.29, 1.82) is 0 Å². The summed E-state index contributed by atoms with van der Waals surface area (Å²) < 4.78 is 58.1. The fraction of sp³-hybridized carbons (Fsp3) is 0.115. The maximum atomic E-state index is 13.3. The number of carbonyl (C=O) groups is 1. The lowest BCUT2D eigenvalue weighted by atomic mass is 10.1. The number of hydrogen-bond acceptors (Lipinski definition) is 3. The van der Waals surface area contributed by atoms with Crippen molar-refractivity contribution in [1.82, 2.24) is 9.13 Å². The summed E-state index contributed by atoms with van der Waals surface area (Å²) in [5.41, 5.74) is -0.724. The minimum Gasteiger partial charge on any atom is -0.478 e. The molecular weight excluding hydrogens is 404 g/mol. The fourth-order valence-electron chi connectivity index (χ4n) is 3.15. The Morgan fingerprint density at radius 2 is 1.78 bits per heavy atom. The molecular formula is C26H20N2O4. The molecule has 0 amide bonds. The van der Waals surface area contributed by atoms with Gasteiger partial charge in [0, 0.05) is 21.7 Å². The summed E-state index contributed by atoms with van der Waals surface area (Å²) in [5.74, 6) is 3.79. The number of aryl methyl sites for hydroxylation is 1. The van der Waals surface area contributed by atoms with Gasteiger partial charge in [0.25, 0.3) is 5.56 Å². The molecule has 4 aromatic rings. The van der Waals surface area contributed by atoms with E-state index in [2.05, 4.69) is 11.8 Å². The third-order valence-corrected chi connectivity index (χ3v) is 4.79. The SMILES string of the molecule is [2H]c1c([2H])c([2H])c(C([2H])([2H])C#Cc2ccc3c(c2)c(=O)n(Cc2ccc(C(=O)O)cc2)c(=O)n3C)c([2H])c1[2H]. The average molecular weight is 431 g/mol. The second kappa shape index (κ2) is 8.78. The van der Waals surface area contributed by atoms with Gasteiger partial charge in [-0.25, -0.2) is 9.59 Å². The van der Waals surface area contributed by atoms with Crippen molar-refractivity contribution < 1.29 is 19.5 Å². The lowest BCUT2D eigenvalue weighted by Gasteiger charge is -2.11. The highest BCUT2D eigenvalue weighted by atomic mass is 16.4. The third-order valence-electron chi connectivity index (χ3n) is 4.79. The van der Waals surface area contributed by atoms with Gasteiger partial charge in [0.2, 0.25) is 0 Å². The van der Waals surface area contributed by atoms with E-state index >= 15 is 0 Å². The Bertz CT molecular complexity index is 1820. The molecule has 0 saturated heterocycles. The summed E-state index contributed by atoms with van der Waals surface area (Å²) >= 11 is 0. The van der Waals surface area contributed by atoms with Gasteiger partial charge >= 0.3 is 11.7 Å². The van der Waals surface area contributed by atoms with E-state index in [0.29, 0.717) is 11.1 Å². The van der Waals surface area contributed by atoms with Crippen LogP contribution in [-0.2, 0) is 20.0 Å². The van der Waals surface area contributed by atoms with Gasteiger partial charge in [-0.2, -0.15) is 0 Å². The molecule has 6 nitrogen and oxygen atoms in total. The zero-order valence-corrected chi connectivity index (χ0v) is 16.8. The molecule has 0 unspecified atom stereocenters. The van der Waals surface area contributed by atoms with Crippen molar-refractivity contribution in [2.75, 3.05) is 0 Å². The first-order valence-corrected chi connectivity index (χ1v) is 9.41. The molecule has 1 N–H and O–H groups in total. The van der Waals surface area contributed by atoms with Gasteiger partial charge in [0.05, 0.1) is 29.9 Å². The molecule has 158 valence electrons. The van der Waals surface area contributed by atoms with Crippen molar-refractivity contribution in [3.05, 3.63) is 116 Å². The molecule has 0 bridgehead atoms. The van der Waals surface area contributed by atoms with E-state index in [4.69, 9.17) is 14.7 Å². The second-order valence-corrected chi connectivity index (χ2v) is 6.84. The molecule has 6 heteroatoms. The maximum absolute atomic E-state index is 13.3. The number of rotatable bonds is 4. The highest BCUT2D eigenvalue weighted by Crippen LogP contribution is 2.11. The monoisotopic (exact) mass is 431 g/mol. The zero-order chi connectivity index (χ0) is 28.8. The topological polar surface area (TPSA) is 81.3 Å². The van der Waals surface area contributed by atoms with Crippen molar-refractivity contribution in [3.63, 3.8) is 0 Å². The van der Waals surface area contributed by atoms with Crippen LogP contribution in [0.15, 0.2) is 82.3 Å². The lowest BCUT2D eigenvalue weighted by Crippen LogP contribution is -2.39. The van der Waals surface area contributed by atoms with Crippen LogP contribution in [0.1, 0.15) is 36.6 Å². The standard InChI is InChI=1S/C26H20N2O4/c1-27-23-15-12-19(9-5-8-18-6-3-2-4-7-18)16-22(23)24(29)28(26(27)32)17-20-10-13-21(14-11-20)25(30)31/h2-4,6-7,10-16H,8,17H2,1H3,(H,30,31)/i2D,3D,4D,6D,7D,8D2. The van der Waals surface area contributed by atoms with E-state index in [1.807, 2.05) is 0 Å². The normalized spacial score (nSPS) is 14.1. The molecule has 4 rings (SSSR count). The number of carboxylic acid groups (broad SMARTS) is 1. The van der Waals surface area contributed by atoms with E-state index < -0.39 is 59.4 Å². The second-order valence-electron chi connectivity index (χ2n) is 6.84. The summed E-state index contributed by atoms with van der Waals surface area (Å²) in [6.45, 7) is -0.116. The molecule has 0 fully saturated rings. The summed E-state index contributed by atoms with van der Waals surface area (Å²) in [6.07, 6.45) is -2.62. The third kappa shape index (κ3) is 4.23. The Labute approximate surface area is 193 Å². The van der Waals surface area contributed by atoms with Gasteiger partial charge in [0.1, 0.15) is 0 Å². The number of fused-ring (bicyclic) bond motifs is 1. The lowest BCUT2D eigenvalue weighted by molar-refractivity contribution is 0.0697. The van der Waals surface area contributed by atoms with Gasteiger partial charge in [-0.1, -0.05) is 54.2 Å². The fourth-order valence-corrected chi connectivity index (χ4v) is 3.15. The highest BCUT2D eigenvalue weighted by molar-refractivity contribution is 5.87. The molecule has 32 heavy (non-hydrogen) atoms. The minimum atomic E-state index is -2.62. The van der Waals surface area contributed by atoms with E-state index in [0.717, 1.165) is 4.57 Å². The highest BCUT2D eigenvalue weighted by Gasteiger charge is 2.12. The van der Waals surface area contributed by atoms with Gasteiger partial charge in [-0.05, 0) is 41.5 Å². The summed E-state index contributed by atoms with van der Waals surface area (Å²) in [6, 6.07) is 6.67. The molecule has 0 spiro atoms. The Kier molecular flexibility index (Phi) is 3.80. The summed E-state index contributed by atoms with van der Waals surface area (Å²) in [4.78, 5) is 37.3. The first-order chi connectivity index (χ1) is 18.2. The Balaban J connectivity index is 1.79. The number of carboxylic acids is 1. The van der Waals surface area contributed by atoms with Crippen LogP contribution in [0.3, 0.4) is 0 Å². The molecule has 0 atom stereocenters. The molecule has 1 aromatic heterocycles. The van der Waals surface area contributed by atoms with Gasteiger partial charge < -0.3 is 5.11 Å². The van der Waals surface area contributed by atoms with Crippen LogP contribution in [0.2, 0.25) is 0 Å². The van der Waals surface area contributed by atoms with Crippen LogP contribution < -0.4 is 11.2 Å². The van der Waals surface area contributed by atoms with E-state index in [9.17, 15) is 14.4 Å². The largest absolute Gasteiger partial charge is 0.478 e. The molecule has 0 aliphatic carbocycles. The van der Waals surface area contributed by atoms with Crippen molar-refractivity contribution in [2.24, 2.45) is 7.05 Å².